The first-order valence-electron chi connectivity index (χ1n) is 4.86. The summed E-state index contributed by atoms with van der Waals surface area (Å²) in [6, 6.07) is 1.96. The van der Waals surface area contributed by atoms with Crippen LogP contribution >= 0.6 is 23.1 Å². The summed E-state index contributed by atoms with van der Waals surface area (Å²) in [6.45, 7) is 0.523. The summed E-state index contributed by atoms with van der Waals surface area (Å²) in [5.74, 6) is -0.131. The number of ether oxygens (including phenoxy) is 1. The van der Waals surface area contributed by atoms with E-state index in [-0.39, 0.29) is 11.2 Å². The molecular formula is C10H8N2O2S2. The zero-order chi connectivity index (χ0) is 11.0. The van der Waals surface area contributed by atoms with Crippen LogP contribution in [0.25, 0.3) is 10.2 Å². The van der Waals surface area contributed by atoms with Crippen molar-refractivity contribution in [3.05, 3.63) is 17.8 Å². The van der Waals surface area contributed by atoms with Crippen molar-refractivity contribution in [2.24, 2.45) is 0 Å². The number of cyclic esters (lactones) is 1. The van der Waals surface area contributed by atoms with Crippen LogP contribution in [0.5, 0.6) is 0 Å². The summed E-state index contributed by atoms with van der Waals surface area (Å²) in [5.41, 5.74) is 0.939. The molecule has 0 saturated carbocycles. The van der Waals surface area contributed by atoms with E-state index in [0.29, 0.717) is 6.61 Å². The van der Waals surface area contributed by atoms with Gasteiger partial charge in [0.25, 0.3) is 0 Å². The minimum Gasteiger partial charge on any atom is -0.465 e. The molecule has 1 fully saturated rings. The lowest BCUT2D eigenvalue weighted by Crippen LogP contribution is -2.09. The van der Waals surface area contributed by atoms with Gasteiger partial charge in [-0.1, -0.05) is 11.8 Å². The maximum atomic E-state index is 11.4. The molecule has 1 aliphatic rings. The molecule has 1 aliphatic heterocycles. The second-order valence-corrected chi connectivity index (χ2v) is 5.48. The Hall–Kier alpha value is -1.14. The molecule has 0 N–H and O–H groups in total. The molecule has 3 heterocycles. The van der Waals surface area contributed by atoms with Gasteiger partial charge in [0.2, 0.25) is 0 Å². The summed E-state index contributed by atoms with van der Waals surface area (Å²) in [4.78, 5) is 19.8. The molecule has 0 radical (unpaired) electrons. The zero-order valence-corrected chi connectivity index (χ0v) is 9.88. The molecule has 2 aromatic heterocycles. The van der Waals surface area contributed by atoms with Crippen LogP contribution in [0.3, 0.4) is 0 Å². The molecule has 0 amide bonds. The van der Waals surface area contributed by atoms with E-state index in [1.165, 1.54) is 18.1 Å². The molecule has 0 bridgehead atoms. The Morgan fingerprint density at radius 3 is 3.25 bits per heavy atom. The topological polar surface area (TPSA) is 52.1 Å². The van der Waals surface area contributed by atoms with Crippen LogP contribution in [0.4, 0.5) is 0 Å². The number of thioether (sulfide) groups is 1. The molecule has 1 saturated heterocycles. The van der Waals surface area contributed by atoms with E-state index in [0.717, 1.165) is 21.7 Å². The lowest BCUT2D eigenvalue weighted by Gasteiger charge is -2.04. The van der Waals surface area contributed by atoms with Crippen molar-refractivity contribution in [2.75, 3.05) is 6.61 Å². The fourth-order valence-electron chi connectivity index (χ4n) is 1.57. The van der Waals surface area contributed by atoms with Crippen molar-refractivity contribution in [1.29, 1.82) is 0 Å². The summed E-state index contributed by atoms with van der Waals surface area (Å²) < 4.78 is 5.98. The standard InChI is InChI=1S/C10H8N2O2S2/c13-10-7(1-3-14-10)16-9-8-6(2-4-15-8)11-5-12-9/h2,4-5,7H,1,3H2/t7-/m1/s1. The largest absolute Gasteiger partial charge is 0.465 e. The van der Waals surface area contributed by atoms with Gasteiger partial charge in [0, 0.05) is 6.42 Å². The summed E-state index contributed by atoms with van der Waals surface area (Å²) in [6.07, 6.45) is 2.30. The van der Waals surface area contributed by atoms with Crippen molar-refractivity contribution >= 4 is 39.3 Å². The molecule has 1 atom stereocenters. The predicted octanol–water partition coefficient (Wildman–Crippen LogP) is 2.10. The molecule has 3 rings (SSSR count). The van der Waals surface area contributed by atoms with Crippen molar-refractivity contribution in [3.63, 3.8) is 0 Å². The van der Waals surface area contributed by atoms with E-state index in [2.05, 4.69) is 9.97 Å². The predicted molar refractivity (Wildman–Crippen MR) is 62.6 cm³/mol. The third-order valence-corrected chi connectivity index (χ3v) is 4.64. The van der Waals surface area contributed by atoms with E-state index < -0.39 is 0 Å². The number of nitrogens with zero attached hydrogens (tertiary/aromatic N) is 2. The Bertz CT molecular complexity index is 540. The van der Waals surface area contributed by atoms with Gasteiger partial charge in [-0.2, -0.15) is 0 Å². The summed E-state index contributed by atoms with van der Waals surface area (Å²) in [5, 5.41) is 2.75. The van der Waals surface area contributed by atoms with Crippen LogP contribution in [0.1, 0.15) is 6.42 Å². The van der Waals surface area contributed by atoms with E-state index >= 15 is 0 Å². The first-order valence-corrected chi connectivity index (χ1v) is 6.62. The molecule has 16 heavy (non-hydrogen) atoms. The molecule has 4 nitrogen and oxygen atoms in total. The van der Waals surface area contributed by atoms with Gasteiger partial charge in [-0.15, -0.1) is 11.3 Å². The molecule has 2 aromatic rings. The molecule has 0 aromatic carbocycles. The van der Waals surface area contributed by atoms with Gasteiger partial charge in [0.15, 0.2) is 0 Å². The molecule has 0 spiro atoms. The van der Waals surface area contributed by atoms with Gasteiger partial charge in [0.1, 0.15) is 16.6 Å². The van der Waals surface area contributed by atoms with Gasteiger partial charge < -0.3 is 4.74 Å². The number of esters is 1. The van der Waals surface area contributed by atoms with Crippen molar-refractivity contribution in [2.45, 2.75) is 16.7 Å². The van der Waals surface area contributed by atoms with Gasteiger partial charge in [0.05, 0.1) is 16.8 Å². The van der Waals surface area contributed by atoms with Crippen molar-refractivity contribution in [3.8, 4) is 0 Å². The van der Waals surface area contributed by atoms with E-state index in [4.69, 9.17) is 4.74 Å². The van der Waals surface area contributed by atoms with Crippen LogP contribution in [-0.4, -0.2) is 27.8 Å². The van der Waals surface area contributed by atoms with Gasteiger partial charge in [-0.3, -0.25) is 4.79 Å². The quantitative estimate of drug-likeness (QED) is 0.605. The molecule has 0 unspecified atom stereocenters. The third-order valence-electron chi connectivity index (χ3n) is 2.35. The Morgan fingerprint density at radius 2 is 2.44 bits per heavy atom. The summed E-state index contributed by atoms with van der Waals surface area (Å²) in [7, 11) is 0. The van der Waals surface area contributed by atoms with Crippen molar-refractivity contribution < 1.29 is 9.53 Å². The average molecular weight is 252 g/mol. The Morgan fingerprint density at radius 1 is 1.50 bits per heavy atom. The number of thiophene rings is 1. The number of carbonyl (C=O) groups is 1. The lowest BCUT2D eigenvalue weighted by atomic mass is 10.4. The Balaban J connectivity index is 1.94. The highest BCUT2D eigenvalue weighted by atomic mass is 32.2. The smallest absolute Gasteiger partial charge is 0.319 e. The highest BCUT2D eigenvalue weighted by molar-refractivity contribution is 8.00. The maximum absolute atomic E-state index is 11.4. The van der Waals surface area contributed by atoms with E-state index in [1.807, 2.05) is 11.4 Å². The van der Waals surface area contributed by atoms with Gasteiger partial charge in [-0.25, -0.2) is 9.97 Å². The number of hydrogen-bond acceptors (Lipinski definition) is 6. The highest BCUT2D eigenvalue weighted by Crippen LogP contribution is 2.34. The Kier molecular flexibility index (Phi) is 2.53. The normalized spacial score (nSPS) is 20.2. The molecule has 6 heteroatoms. The second kappa shape index (κ2) is 4.03. The van der Waals surface area contributed by atoms with Crippen molar-refractivity contribution in [1.82, 2.24) is 9.97 Å². The lowest BCUT2D eigenvalue weighted by molar-refractivity contribution is -0.137. The minimum absolute atomic E-state index is 0.111. The van der Waals surface area contributed by atoms with E-state index in [1.54, 1.807) is 11.3 Å². The Labute approximate surface area is 100 Å². The fourth-order valence-corrected chi connectivity index (χ4v) is 3.55. The highest BCUT2D eigenvalue weighted by Gasteiger charge is 2.28. The zero-order valence-electron chi connectivity index (χ0n) is 8.25. The maximum Gasteiger partial charge on any atom is 0.319 e. The number of fused-ring (bicyclic) bond motifs is 1. The second-order valence-electron chi connectivity index (χ2n) is 3.38. The number of aromatic nitrogens is 2. The van der Waals surface area contributed by atoms with Crippen LogP contribution in [0.2, 0.25) is 0 Å². The monoisotopic (exact) mass is 252 g/mol. The van der Waals surface area contributed by atoms with E-state index in [9.17, 15) is 4.79 Å². The van der Waals surface area contributed by atoms with Crippen LogP contribution in [0, 0.1) is 0 Å². The van der Waals surface area contributed by atoms with Crippen LogP contribution < -0.4 is 0 Å². The fraction of sp³-hybridized carbons (Fsp3) is 0.300. The first-order chi connectivity index (χ1) is 7.84. The average Bonchev–Trinajstić information content (AvgIpc) is 2.89. The van der Waals surface area contributed by atoms with Gasteiger partial charge in [-0.05, 0) is 11.4 Å². The first kappa shape index (κ1) is 10.0. The third kappa shape index (κ3) is 1.68. The summed E-state index contributed by atoms with van der Waals surface area (Å²) >= 11 is 3.08. The van der Waals surface area contributed by atoms with Crippen LogP contribution in [-0.2, 0) is 9.53 Å². The van der Waals surface area contributed by atoms with Crippen LogP contribution in [0.15, 0.2) is 22.8 Å². The van der Waals surface area contributed by atoms with Gasteiger partial charge >= 0.3 is 5.97 Å². The molecular weight excluding hydrogens is 244 g/mol. The number of hydrogen-bond donors (Lipinski definition) is 0. The number of carbonyl (C=O) groups excluding carboxylic acids is 1. The molecule has 0 aliphatic carbocycles. The SMILES string of the molecule is O=C1OCC[C@H]1Sc1ncnc2ccsc12. The number of rotatable bonds is 2. The molecule has 82 valence electrons. The minimum atomic E-state index is -0.131.